The van der Waals surface area contributed by atoms with Crippen LogP contribution in [0.4, 0.5) is 0 Å². The SMILES string of the molecule is C#CCN(C)CCc1nnn(CC)c1C. The van der Waals surface area contributed by atoms with Crippen molar-refractivity contribution in [1.82, 2.24) is 19.9 Å². The highest BCUT2D eigenvalue weighted by molar-refractivity contribution is 5.08. The lowest BCUT2D eigenvalue weighted by Crippen LogP contribution is -2.21. The van der Waals surface area contributed by atoms with E-state index in [9.17, 15) is 0 Å². The van der Waals surface area contributed by atoms with E-state index in [0.29, 0.717) is 6.54 Å². The molecule has 0 fully saturated rings. The summed E-state index contributed by atoms with van der Waals surface area (Å²) >= 11 is 0. The van der Waals surface area contributed by atoms with Crippen molar-refractivity contribution in [2.24, 2.45) is 0 Å². The monoisotopic (exact) mass is 206 g/mol. The average Bonchev–Trinajstić information content (AvgIpc) is 2.57. The molecule has 0 radical (unpaired) electrons. The Labute approximate surface area is 91.3 Å². The van der Waals surface area contributed by atoms with E-state index in [1.807, 2.05) is 11.7 Å². The van der Waals surface area contributed by atoms with Gasteiger partial charge in [0.1, 0.15) is 0 Å². The zero-order valence-electron chi connectivity index (χ0n) is 9.69. The standard InChI is InChI=1S/C11H18N4/c1-5-8-14(4)9-7-11-10(3)15(6-2)13-12-11/h1H,6-9H2,2-4H3. The topological polar surface area (TPSA) is 34.0 Å². The van der Waals surface area contributed by atoms with E-state index in [1.54, 1.807) is 0 Å². The van der Waals surface area contributed by atoms with Crippen LogP contribution in [0, 0.1) is 19.3 Å². The van der Waals surface area contributed by atoms with Gasteiger partial charge in [-0.25, -0.2) is 4.68 Å². The van der Waals surface area contributed by atoms with Gasteiger partial charge in [0.25, 0.3) is 0 Å². The van der Waals surface area contributed by atoms with E-state index in [4.69, 9.17) is 6.42 Å². The third-order valence-electron chi connectivity index (χ3n) is 2.47. The van der Waals surface area contributed by atoms with Gasteiger partial charge in [-0.05, 0) is 20.9 Å². The molecular weight excluding hydrogens is 188 g/mol. The summed E-state index contributed by atoms with van der Waals surface area (Å²) in [6, 6.07) is 0. The van der Waals surface area contributed by atoms with Gasteiger partial charge in [0.15, 0.2) is 0 Å². The van der Waals surface area contributed by atoms with Gasteiger partial charge in [-0.2, -0.15) is 0 Å². The molecular formula is C11H18N4. The maximum absolute atomic E-state index is 5.23. The van der Waals surface area contributed by atoms with Crippen molar-refractivity contribution in [2.45, 2.75) is 26.8 Å². The van der Waals surface area contributed by atoms with E-state index in [2.05, 4.69) is 35.0 Å². The Morgan fingerprint density at radius 2 is 2.27 bits per heavy atom. The van der Waals surface area contributed by atoms with E-state index < -0.39 is 0 Å². The molecule has 15 heavy (non-hydrogen) atoms. The first-order valence-corrected chi connectivity index (χ1v) is 5.20. The molecule has 0 saturated heterocycles. The lowest BCUT2D eigenvalue weighted by Gasteiger charge is -2.11. The molecule has 0 aliphatic heterocycles. The van der Waals surface area contributed by atoms with Crippen molar-refractivity contribution < 1.29 is 0 Å². The molecule has 4 nitrogen and oxygen atoms in total. The minimum Gasteiger partial charge on any atom is -0.295 e. The second kappa shape index (κ2) is 5.52. The third kappa shape index (κ3) is 3.07. The largest absolute Gasteiger partial charge is 0.295 e. The maximum atomic E-state index is 5.23. The Hall–Kier alpha value is -1.34. The molecule has 0 aliphatic rings. The molecule has 0 unspecified atom stereocenters. The molecule has 4 heteroatoms. The molecule has 1 heterocycles. The number of nitrogens with zero attached hydrogens (tertiary/aromatic N) is 4. The van der Waals surface area contributed by atoms with E-state index in [0.717, 1.165) is 30.9 Å². The summed E-state index contributed by atoms with van der Waals surface area (Å²) in [5, 5.41) is 8.22. The predicted molar refractivity (Wildman–Crippen MR) is 60.5 cm³/mol. The van der Waals surface area contributed by atoms with Crippen LogP contribution in [-0.2, 0) is 13.0 Å². The number of rotatable bonds is 5. The summed E-state index contributed by atoms with van der Waals surface area (Å²) in [6.07, 6.45) is 6.14. The fraction of sp³-hybridized carbons (Fsp3) is 0.636. The van der Waals surface area contributed by atoms with Crippen LogP contribution in [0.15, 0.2) is 0 Å². The highest BCUT2D eigenvalue weighted by atomic mass is 15.4. The summed E-state index contributed by atoms with van der Waals surface area (Å²) in [7, 11) is 2.01. The second-order valence-corrected chi connectivity index (χ2v) is 3.63. The summed E-state index contributed by atoms with van der Waals surface area (Å²) in [5.74, 6) is 2.62. The fourth-order valence-corrected chi connectivity index (χ4v) is 1.46. The van der Waals surface area contributed by atoms with Crippen LogP contribution in [0.25, 0.3) is 0 Å². The highest BCUT2D eigenvalue weighted by Gasteiger charge is 2.07. The Morgan fingerprint density at radius 1 is 1.53 bits per heavy atom. The highest BCUT2D eigenvalue weighted by Crippen LogP contribution is 2.04. The zero-order valence-corrected chi connectivity index (χ0v) is 9.69. The van der Waals surface area contributed by atoms with Gasteiger partial charge < -0.3 is 0 Å². The van der Waals surface area contributed by atoms with Gasteiger partial charge in [-0.1, -0.05) is 11.1 Å². The van der Waals surface area contributed by atoms with E-state index in [1.165, 1.54) is 0 Å². The first-order valence-electron chi connectivity index (χ1n) is 5.20. The molecule has 1 aromatic heterocycles. The molecule has 0 amide bonds. The number of likely N-dealkylation sites (N-methyl/N-ethyl adjacent to an activating group) is 1. The molecule has 0 bridgehead atoms. The Morgan fingerprint density at radius 3 is 2.80 bits per heavy atom. The molecule has 1 rings (SSSR count). The first kappa shape index (κ1) is 11.7. The molecule has 0 spiro atoms. The lowest BCUT2D eigenvalue weighted by atomic mass is 10.2. The van der Waals surface area contributed by atoms with E-state index >= 15 is 0 Å². The molecule has 0 saturated carbocycles. The van der Waals surface area contributed by atoms with E-state index in [-0.39, 0.29) is 0 Å². The van der Waals surface area contributed by atoms with Crippen molar-refractivity contribution in [3.63, 3.8) is 0 Å². The first-order chi connectivity index (χ1) is 7.19. The van der Waals surface area contributed by atoms with Gasteiger partial charge in [0.05, 0.1) is 17.9 Å². The predicted octanol–water partition coefficient (Wildman–Crippen LogP) is 0.714. The minimum atomic E-state index is 0.682. The van der Waals surface area contributed by atoms with Gasteiger partial charge in [0.2, 0.25) is 0 Å². The van der Waals surface area contributed by atoms with Crippen molar-refractivity contribution >= 4 is 0 Å². The summed E-state index contributed by atoms with van der Waals surface area (Å²) in [6.45, 7) is 6.60. The fourth-order valence-electron chi connectivity index (χ4n) is 1.46. The van der Waals surface area contributed by atoms with Gasteiger partial charge in [-0.3, -0.25) is 4.90 Å². The van der Waals surface area contributed by atoms with Crippen LogP contribution in [0.1, 0.15) is 18.3 Å². The summed E-state index contributed by atoms with van der Waals surface area (Å²) < 4.78 is 1.91. The lowest BCUT2D eigenvalue weighted by molar-refractivity contribution is 0.379. The number of terminal acetylenes is 1. The Kier molecular flexibility index (Phi) is 4.32. The average molecular weight is 206 g/mol. The van der Waals surface area contributed by atoms with Gasteiger partial charge in [-0.15, -0.1) is 11.5 Å². The second-order valence-electron chi connectivity index (χ2n) is 3.63. The van der Waals surface area contributed by atoms with Crippen molar-refractivity contribution in [3.05, 3.63) is 11.4 Å². The van der Waals surface area contributed by atoms with Crippen LogP contribution >= 0.6 is 0 Å². The molecule has 0 atom stereocenters. The number of aryl methyl sites for hydroxylation is 1. The minimum absolute atomic E-state index is 0.682. The van der Waals surface area contributed by atoms with Crippen molar-refractivity contribution in [2.75, 3.05) is 20.1 Å². The molecule has 0 N–H and O–H groups in total. The normalized spacial score (nSPS) is 10.6. The van der Waals surface area contributed by atoms with Crippen LogP contribution < -0.4 is 0 Å². The third-order valence-corrected chi connectivity index (χ3v) is 2.47. The summed E-state index contributed by atoms with van der Waals surface area (Å²) in [5.41, 5.74) is 2.23. The Bertz CT molecular complexity index is 348. The Balaban J connectivity index is 2.51. The maximum Gasteiger partial charge on any atom is 0.0869 e. The van der Waals surface area contributed by atoms with Crippen LogP contribution in [0.5, 0.6) is 0 Å². The van der Waals surface area contributed by atoms with Crippen molar-refractivity contribution in [3.8, 4) is 12.3 Å². The summed E-state index contributed by atoms with van der Waals surface area (Å²) in [4.78, 5) is 2.10. The molecule has 0 aromatic carbocycles. The van der Waals surface area contributed by atoms with Crippen LogP contribution in [0.3, 0.4) is 0 Å². The molecule has 1 aromatic rings. The smallest absolute Gasteiger partial charge is 0.0869 e. The number of hydrogen-bond acceptors (Lipinski definition) is 3. The molecule has 0 aliphatic carbocycles. The quantitative estimate of drug-likeness (QED) is 0.665. The van der Waals surface area contributed by atoms with Gasteiger partial charge in [0, 0.05) is 19.5 Å². The molecule has 82 valence electrons. The van der Waals surface area contributed by atoms with Crippen LogP contribution in [-0.4, -0.2) is 40.0 Å². The van der Waals surface area contributed by atoms with Crippen molar-refractivity contribution in [1.29, 1.82) is 0 Å². The van der Waals surface area contributed by atoms with Crippen LogP contribution in [0.2, 0.25) is 0 Å². The zero-order chi connectivity index (χ0) is 11.3. The van der Waals surface area contributed by atoms with Gasteiger partial charge >= 0.3 is 0 Å². The number of hydrogen-bond donors (Lipinski definition) is 0. The number of aromatic nitrogens is 3.